The summed E-state index contributed by atoms with van der Waals surface area (Å²) in [6, 6.07) is 17.9. The molecular weight excluding hydrogens is 392 g/mol. The van der Waals surface area contributed by atoms with Crippen LogP contribution in [0.5, 0.6) is 11.5 Å². The van der Waals surface area contributed by atoms with E-state index in [0.29, 0.717) is 18.0 Å². The predicted molar refractivity (Wildman–Crippen MR) is 108 cm³/mol. The van der Waals surface area contributed by atoms with Crippen molar-refractivity contribution in [2.45, 2.75) is 17.9 Å². The number of carbonyl (C=O) groups is 1. The molecule has 150 valence electrons. The highest BCUT2D eigenvalue weighted by Crippen LogP contribution is 2.32. The Balaban J connectivity index is 1.28. The van der Waals surface area contributed by atoms with Crippen molar-refractivity contribution in [3.05, 3.63) is 66.2 Å². The highest BCUT2D eigenvalue weighted by molar-refractivity contribution is 7.89. The number of fused-ring (bicyclic) bond motifs is 2. The van der Waals surface area contributed by atoms with Crippen molar-refractivity contribution >= 4 is 26.7 Å². The summed E-state index contributed by atoms with van der Waals surface area (Å²) >= 11 is 0. The van der Waals surface area contributed by atoms with E-state index in [1.165, 1.54) is 0 Å². The van der Waals surface area contributed by atoms with Crippen molar-refractivity contribution < 1.29 is 22.7 Å². The van der Waals surface area contributed by atoms with E-state index in [0.717, 1.165) is 16.3 Å². The van der Waals surface area contributed by atoms with Gasteiger partial charge in [-0.1, -0.05) is 36.4 Å². The van der Waals surface area contributed by atoms with Crippen LogP contribution < -0.4 is 19.5 Å². The van der Waals surface area contributed by atoms with Crippen molar-refractivity contribution in [2.75, 3.05) is 13.3 Å². The zero-order valence-electron chi connectivity index (χ0n) is 15.6. The summed E-state index contributed by atoms with van der Waals surface area (Å²) in [5.74, 6) is 1.09. The van der Waals surface area contributed by atoms with E-state index in [1.807, 2.05) is 36.4 Å². The monoisotopic (exact) mass is 412 g/mol. The fraction of sp³-hybridized carbons (Fsp3) is 0.190. The summed E-state index contributed by atoms with van der Waals surface area (Å²) in [7, 11) is -3.68. The molecule has 0 radical (unpaired) electrons. The maximum Gasteiger partial charge on any atom is 0.240 e. The van der Waals surface area contributed by atoms with Gasteiger partial charge in [0.25, 0.3) is 0 Å². The molecule has 0 unspecified atom stereocenters. The van der Waals surface area contributed by atoms with E-state index >= 15 is 0 Å². The van der Waals surface area contributed by atoms with Crippen LogP contribution >= 0.6 is 0 Å². The van der Waals surface area contributed by atoms with Crippen molar-refractivity contribution in [2.24, 2.45) is 0 Å². The standard InChI is InChI=1S/C21H20N2O5S/c24-21(22-13-15-5-8-19-20(11-15)28-14-27-19)9-10-23-29(25,26)18-7-6-16-3-1-2-4-17(16)12-18/h1-8,11-12,23H,9-10,13-14H2,(H,22,24). The molecule has 3 aromatic rings. The third-order valence-electron chi connectivity index (χ3n) is 4.60. The average Bonchev–Trinajstić information content (AvgIpc) is 3.19. The topological polar surface area (TPSA) is 93.7 Å². The van der Waals surface area contributed by atoms with Crippen LogP contribution in [0, 0.1) is 0 Å². The summed E-state index contributed by atoms with van der Waals surface area (Å²) in [5, 5.41) is 4.58. The largest absolute Gasteiger partial charge is 0.454 e. The van der Waals surface area contributed by atoms with Gasteiger partial charge in [0.05, 0.1) is 4.90 Å². The first-order valence-corrected chi connectivity index (χ1v) is 10.6. The van der Waals surface area contributed by atoms with Crippen LogP contribution in [-0.4, -0.2) is 27.7 Å². The Kier molecular flexibility index (Phi) is 5.37. The number of hydrogen-bond donors (Lipinski definition) is 2. The summed E-state index contributed by atoms with van der Waals surface area (Å²) in [6.45, 7) is 0.539. The Morgan fingerprint density at radius 2 is 1.72 bits per heavy atom. The molecule has 0 saturated heterocycles. The van der Waals surface area contributed by atoms with Gasteiger partial charge in [-0.05, 0) is 40.6 Å². The zero-order chi connectivity index (χ0) is 20.3. The van der Waals surface area contributed by atoms with E-state index in [4.69, 9.17) is 9.47 Å². The zero-order valence-corrected chi connectivity index (χ0v) is 16.4. The number of ether oxygens (including phenoxy) is 2. The van der Waals surface area contributed by atoms with Gasteiger partial charge in [-0.2, -0.15) is 0 Å². The molecule has 1 aliphatic heterocycles. The molecule has 1 aliphatic rings. The third-order valence-corrected chi connectivity index (χ3v) is 6.06. The molecule has 2 N–H and O–H groups in total. The molecule has 0 saturated carbocycles. The van der Waals surface area contributed by atoms with Crippen LogP contribution in [0.4, 0.5) is 0 Å². The molecule has 1 amide bonds. The third kappa shape index (κ3) is 4.49. The van der Waals surface area contributed by atoms with Gasteiger partial charge in [-0.3, -0.25) is 4.79 Å². The second-order valence-electron chi connectivity index (χ2n) is 6.62. The van der Waals surface area contributed by atoms with E-state index in [-0.39, 0.29) is 30.6 Å². The van der Waals surface area contributed by atoms with Crippen LogP contribution in [0.15, 0.2) is 65.6 Å². The maximum absolute atomic E-state index is 12.5. The van der Waals surface area contributed by atoms with E-state index < -0.39 is 10.0 Å². The molecule has 4 rings (SSSR count). The summed E-state index contributed by atoms with van der Waals surface area (Å²) in [4.78, 5) is 12.2. The minimum atomic E-state index is -3.68. The molecule has 0 spiro atoms. The molecule has 0 atom stereocenters. The SMILES string of the molecule is O=C(CCNS(=O)(=O)c1ccc2ccccc2c1)NCc1ccc2c(c1)OCO2. The van der Waals surface area contributed by atoms with Gasteiger partial charge in [-0.25, -0.2) is 13.1 Å². The number of carbonyl (C=O) groups excluding carboxylic acids is 1. The van der Waals surface area contributed by atoms with Crippen LogP contribution in [-0.2, 0) is 21.4 Å². The van der Waals surface area contributed by atoms with E-state index in [2.05, 4.69) is 10.0 Å². The number of amides is 1. The normalized spacial score (nSPS) is 12.8. The van der Waals surface area contributed by atoms with Crippen LogP contribution in [0.3, 0.4) is 0 Å². The molecule has 7 nitrogen and oxygen atoms in total. The molecule has 0 bridgehead atoms. The first-order valence-electron chi connectivity index (χ1n) is 9.15. The Morgan fingerprint density at radius 1 is 0.931 bits per heavy atom. The number of nitrogens with one attached hydrogen (secondary N) is 2. The second kappa shape index (κ2) is 8.10. The lowest BCUT2D eigenvalue weighted by atomic mass is 10.1. The van der Waals surface area contributed by atoms with Crippen molar-refractivity contribution in [1.82, 2.24) is 10.0 Å². The van der Waals surface area contributed by atoms with Gasteiger partial charge in [-0.15, -0.1) is 0 Å². The van der Waals surface area contributed by atoms with Gasteiger partial charge < -0.3 is 14.8 Å². The van der Waals surface area contributed by atoms with Gasteiger partial charge in [0.2, 0.25) is 22.7 Å². The van der Waals surface area contributed by atoms with Crippen LogP contribution in [0.2, 0.25) is 0 Å². The molecular formula is C21H20N2O5S. The van der Waals surface area contributed by atoms with Crippen LogP contribution in [0.1, 0.15) is 12.0 Å². The van der Waals surface area contributed by atoms with E-state index in [1.54, 1.807) is 24.3 Å². The molecule has 0 fully saturated rings. The van der Waals surface area contributed by atoms with Gasteiger partial charge in [0.15, 0.2) is 11.5 Å². The number of sulfonamides is 1. The highest BCUT2D eigenvalue weighted by atomic mass is 32.2. The Labute approximate surface area is 168 Å². The van der Waals surface area contributed by atoms with Crippen molar-refractivity contribution in [3.63, 3.8) is 0 Å². The number of hydrogen-bond acceptors (Lipinski definition) is 5. The van der Waals surface area contributed by atoms with Gasteiger partial charge >= 0.3 is 0 Å². The lowest BCUT2D eigenvalue weighted by molar-refractivity contribution is -0.121. The summed E-state index contributed by atoms with van der Waals surface area (Å²) in [6.07, 6.45) is 0.0391. The van der Waals surface area contributed by atoms with Crippen LogP contribution in [0.25, 0.3) is 10.8 Å². The Hall–Kier alpha value is -3.10. The smallest absolute Gasteiger partial charge is 0.240 e. The second-order valence-corrected chi connectivity index (χ2v) is 8.39. The molecule has 0 aromatic heterocycles. The molecule has 8 heteroatoms. The lowest BCUT2D eigenvalue weighted by Gasteiger charge is -2.09. The molecule has 3 aromatic carbocycles. The fourth-order valence-electron chi connectivity index (χ4n) is 3.06. The number of rotatable bonds is 7. The van der Waals surface area contributed by atoms with Crippen molar-refractivity contribution in [1.29, 1.82) is 0 Å². The lowest BCUT2D eigenvalue weighted by Crippen LogP contribution is -2.30. The fourth-order valence-corrected chi connectivity index (χ4v) is 4.12. The van der Waals surface area contributed by atoms with E-state index in [9.17, 15) is 13.2 Å². The summed E-state index contributed by atoms with van der Waals surface area (Å²) < 4.78 is 38.0. The molecule has 29 heavy (non-hydrogen) atoms. The predicted octanol–water partition coefficient (Wildman–Crippen LogP) is 2.55. The first kappa shape index (κ1) is 19.2. The molecule has 1 heterocycles. The van der Waals surface area contributed by atoms with Gasteiger partial charge in [0.1, 0.15) is 0 Å². The molecule has 0 aliphatic carbocycles. The Morgan fingerprint density at radius 3 is 2.59 bits per heavy atom. The summed E-state index contributed by atoms with van der Waals surface area (Å²) in [5.41, 5.74) is 0.874. The highest BCUT2D eigenvalue weighted by Gasteiger charge is 2.16. The number of benzene rings is 3. The minimum Gasteiger partial charge on any atom is -0.454 e. The average molecular weight is 412 g/mol. The first-order chi connectivity index (χ1) is 14.0. The quantitative estimate of drug-likeness (QED) is 0.622. The van der Waals surface area contributed by atoms with Crippen molar-refractivity contribution in [3.8, 4) is 11.5 Å². The Bertz CT molecular complexity index is 1160. The van der Waals surface area contributed by atoms with Gasteiger partial charge in [0, 0.05) is 19.5 Å². The minimum absolute atomic E-state index is 0.0160. The maximum atomic E-state index is 12.5.